The number of nitrogens with zero attached hydrogens (tertiary/aromatic N) is 2. The van der Waals surface area contributed by atoms with Crippen LogP contribution in [-0.2, 0) is 26.2 Å². The molecule has 3 aliphatic rings. The second-order valence-corrected chi connectivity index (χ2v) is 9.57. The van der Waals surface area contributed by atoms with E-state index in [1.54, 1.807) is 0 Å². The first-order chi connectivity index (χ1) is 14.3. The topological polar surface area (TPSA) is 95.9 Å². The van der Waals surface area contributed by atoms with Gasteiger partial charge in [-0.15, -0.1) is 0 Å². The molecule has 0 bridgehead atoms. The molecule has 1 atom stereocenters. The Kier molecular flexibility index (Phi) is 5.53. The zero-order valence-corrected chi connectivity index (χ0v) is 17.5. The highest BCUT2D eigenvalue weighted by Gasteiger charge is 2.35. The summed E-state index contributed by atoms with van der Waals surface area (Å²) in [7, 11) is -3.63. The average molecular weight is 426 g/mol. The van der Waals surface area contributed by atoms with E-state index in [0.717, 1.165) is 24.0 Å². The van der Waals surface area contributed by atoms with Crippen LogP contribution in [0.15, 0.2) is 64.0 Å². The summed E-state index contributed by atoms with van der Waals surface area (Å²) in [5, 5.41) is 2.82. The van der Waals surface area contributed by atoms with Crippen molar-refractivity contribution in [1.82, 2.24) is 9.62 Å². The summed E-state index contributed by atoms with van der Waals surface area (Å²) in [4.78, 5) is 29.0. The molecule has 4 rings (SSSR count). The van der Waals surface area contributed by atoms with Crippen LogP contribution >= 0.6 is 0 Å². The van der Waals surface area contributed by atoms with Crippen molar-refractivity contribution in [1.29, 1.82) is 0 Å². The van der Waals surface area contributed by atoms with Crippen LogP contribution in [0.4, 0.5) is 0 Å². The van der Waals surface area contributed by atoms with Crippen molar-refractivity contribution >= 4 is 27.5 Å². The van der Waals surface area contributed by atoms with Gasteiger partial charge < -0.3 is 5.32 Å². The van der Waals surface area contributed by atoms with Crippen molar-refractivity contribution < 1.29 is 18.0 Å². The van der Waals surface area contributed by atoms with Gasteiger partial charge in [0.15, 0.2) is 0 Å². The number of benzene rings is 1. The minimum absolute atomic E-state index is 0.139. The number of hydrogen-bond donors (Lipinski definition) is 1. The van der Waals surface area contributed by atoms with Gasteiger partial charge in [0, 0.05) is 31.3 Å². The molecule has 2 heterocycles. The Hall–Kier alpha value is -2.84. The highest BCUT2D eigenvalue weighted by atomic mass is 32.2. The van der Waals surface area contributed by atoms with Crippen LogP contribution in [0, 0.1) is 12.8 Å². The molecular formula is C22H23N3O4S. The molecule has 8 heteroatoms. The van der Waals surface area contributed by atoms with Crippen molar-refractivity contribution in [2.75, 3.05) is 13.1 Å². The Labute approximate surface area is 175 Å². The SMILES string of the molecule is Cc1ccc(CNC(=O)C2=CC(=O)N=C3C=CC(S(=O)(=O)N4CCCC4)=CC23)cc1. The zero-order valence-electron chi connectivity index (χ0n) is 16.7. The van der Waals surface area contributed by atoms with Crippen LogP contribution in [0.25, 0.3) is 0 Å². The molecule has 0 spiro atoms. The van der Waals surface area contributed by atoms with Gasteiger partial charge in [-0.25, -0.2) is 13.4 Å². The number of nitrogens with one attached hydrogen (secondary N) is 1. The van der Waals surface area contributed by atoms with Crippen LogP contribution in [0.2, 0.25) is 0 Å². The Balaban J connectivity index is 1.56. The van der Waals surface area contributed by atoms with Gasteiger partial charge in [0.1, 0.15) is 0 Å². The number of hydrogen-bond acceptors (Lipinski definition) is 4. The minimum Gasteiger partial charge on any atom is -0.348 e. The predicted octanol–water partition coefficient (Wildman–Crippen LogP) is 2.01. The second kappa shape index (κ2) is 8.12. The van der Waals surface area contributed by atoms with Crippen LogP contribution in [-0.4, -0.2) is 43.3 Å². The predicted molar refractivity (Wildman–Crippen MR) is 114 cm³/mol. The first-order valence-corrected chi connectivity index (χ1v) is 11.4. The molecule has 1 unspecified atom stereocenters. The smallest absolute Gasteiger partial charge is 0.270 e. The average Bonchev–Trinajstić information content (AvgIpc) is 3.28. The number of rotatable bonds is 5. The van der Waals surface area contributed by atoms with E-state index in [4.69, 9.17) is 0 Å². The fourth-order valence-electron chi connectivity index (χ4n) is 3.76. The van der Waals surface area contributed by atoms with Gasteiger partial charge in [0.2, 0.25) is 15.9 Å². The lowest BCUT2D eigenvalue weighted by molar-refractivity contribution is -0.119. The summed E-state index contributed by atoms with van der Waals surface area (Å²) >= 11 is 0. The molecule has 0 saturated carbocycles. The van der Waals surface area contributed by atoms with Gasteiger partial charge in [-0.2, -0.15) is 4.31 Å². The zero-order chi connectivity index (χ0) is 21.3. The maximum absolute atomic E-state index is 12.9. The Morgan fingerprint density at radius 1 is 1.17 bits per heavy atom. The number of dihydropyridines is 1. The highest BCUT2D eigenvalue weighted by Crippen LogP contribution is 2.30. The largest absolute Gasteiger partial charge is 0.348 e. The lowest BCUT2D eigenvalue weighted by Gasteiger charge is -2.25. The monoisotopic (exact) mass is 425 g/mol. The minimum atomic E-state index is -3.63. The van der Waals surface area contributed by atoms with E-state index in [2.05, 4.69) is 10.3 Å². The van der Waals surface area contributed by atoms with E-state index in [-0.39, 0.29) is 10.5 Å². The van der Waals surface area contributed by atoms with Crippen molar-refractivity contribution in [3.63, 3.8) is 0 Å². The summed E-state index contributed by atoms with van der Waals surface area (Å²) in [6.45, 7) is 3.29. The van der Waals surface area contributed by atoms with Crippen molar-refractivity contribution in [2.24, 2.45) is 10.9 Å². The third kappa shape index (κ3) is 4.06. The summed E-state index contributed by atoms with van der Waals surface area (Å²) in [6.07, 6.45) is 7.38. The number of amides is 2. The summed E-state index contributed by atoms with van der Waals surface area (Å²) in [6, 6.07) is 7.76. The van der Waals surface area contributed by atoms with Crippen LogP contribution in [0.5, 0.6) is 0 Å². The Morgan fingerprint density at radius 3 is 2.57 bits per heavy atom. The van der Waals surface area contributed by atoms with Gasteiger partial charge in [0.25, 0.3) is 5.91 Å². The lowest BCUT2D eigenvalue weighted by atomic mass is 9.87. The van der Waals surface area contributed by atoms with Gasteiger partial charge >= 0.3 is 0 Å². The molecule has 0 radical (unpaired) electrons. The Bertz CT molecular complexity index is 1110. The molecule has 156 valence electrons. The third-order valence-corrected chi connectivity index (χ3v) is 7.37. The quantitative estimate of drug-likeness (QED) is 0.781. The molecule has 2 amide bonds. The van der Waals surface area contributed by atoms with E-state index in [0.29, 0.717) is 25.3 Å². The van der Waals surface area contributed by atoms with Crippen molar-refractivity contribution in [3.05, 3.63) is 70.2 Å². The maximum atomic E-state index is 12.9. The summed E-state index contributed by atoms with van der Waals surface area (Å²) in [5.41, 5.74) is 2.64. The van der Waals surface area contributed by atoms with E-state index in [1.165, 1.54) is 28.6 Å². The number of sulfonamides is 1. The first kappa shape index (κ1) is 20.4. The van der Waals surface area contributed by atoms with Crippen LogP contribution < -0.4 is 5.32 Å². The Morgan fingerprint density at radius 2 is 1.87 bits per heavy atom. The van der Waals surface area contributed by atoms with E-state index in [1.807, 2.05) is 31.2 Å². The molecule has 1 aliphatic carbocycles. The molecule has 1 fully saturated rings. The third-order valence-electron chi connectivity index (χ3n) is 5.46. The molecule has 1 aromatic rings. The molecule has 30 heavy (non-hydrogen) atoms. The fraction of sp³-hybridized carbons (Fsp3) is 0.318. The van der Waals surface area contributed by atoms with Crippen LogP contribution in [0.1, 0.15) is 24.0 Å². The molecule has 2 aliphatic heterocycles. The standard InChI is InChI=1S/C22H23N3O4S/c1-15-4-6-16(7-5-15)14-23-22(27)19-13-21(26)24-20-9-8-17(12-18(19)20)30(28,29)25-10-2-3-11-25/h4-9,12-13,18H,2-3,10-11,14H2,1H3,(H,23,27). The van der Waals surface area contributed by atoms with Crippen LogP contribution in [0.3, 0.4) is 0 Å². The van der Waals surface area contributed by atoms with E-state index >= 15 is 0 Å². The molecule has 7 nitrogen and oxygen atoms in total. The number of allylic oxidation sites excluding steroid dienone is 3. The van der Waals surface area contributed by atoms with Gasteiger partial charge in [0.05, 0.1) is 16.5 Å². The van der Waals surface area contributed by atoms with Gasteiger partial charge in [-0.05, 0) is 37.5 Å². The fourth-order valence-corrected chi connectivity index (χ4v) is 5.35. The summed E-state index contributed by atoms with van der Waals surface area (Å²) in [5.74, 6) is -1.60. The molecule has 0 aromatic heterocycles. The summed E-state index contributed by atoms with van der Waals surface area (Å²) < 4.78 is 27.3. The van der Waals surface area contributed by atoms with E-state index in [9.17, 15) is 18.0 Å². The second-order valence-electron chi connectivity index (χ2n) is 7.63. The number of carbonyl (C=O) groups excluding carboxylic acids is 2. The van der Waals surface area contributed by atoms with Crippen molar-refractivity contribution in [2.45, 2.75) is 26.3 Å². The normalized spacial score (nSPS) is 21.6. The van der Waals surface area contributed by atoms with E-state index < -0.39 is 27.8 Å². The lowest BCUT2D eigenvalue weighted by Crippen LogP contribution is -2.35. The number of aliphatic imine (C=N–C) groups is 1. The molecular weight excluding hydrogens is 402 g/mol. The highest BCUT2D eigenvalue weighted by molar-refractivity contribution is 7.93. The molecule has 1 saturated heterocycles. The maximum Gasteiger partial charge on any atom is 0.270 e. The number of fused-ring (bicyclic) bond motifs is 1. The number of aryl methyl sites for hydroxylation is 1. The first-order valence-electron chi connectivity index (χ1n) is 9.92. The van der Waals surface area contributed by atoms with Gasteiger partial charge in [-0.1, -0.05) is 35.9 Å². The molecule has 1 N–H and O–H groups in total. The number of carbonyl (C=O) groups is 2. The van der Waals surface area contributed by atoms with Gasteiger partial charge in [-0.3, -0.25) is 9.59 Å². The van der Waals surface area contributed by atoms with Crippen molar-refractivity contribution in [3.8, 4) is 0 Å². The molecule has 1 aromatic carbocycles.